The summed E-state index contributed by atoms with van der Waals surface area (Å²) in [5.74, 6) is 0.621. The molecule has 1 aliphatic rings. The molecule has 1 aliphatic heterocycles. The third kappa shape index (κ3) is 5.78. The molecule has 0 amide bonds. The first-order valence-corrected chi connectivity index (χ1v) is 4.68. The van der Waals surface area contributed by atoms with Crippen LogP contribution in [0.4, 0.5) is 0 Å². The molecular weight excluding hydrogens is 204 g/mol. The summed E-state index contributed by atoms with van der Waals surface area (Å²) in [5, 5.41) is 0. The van der Waals surface area contributed by atoms with Gasteiger partial charge in [-0.2, -0.15) is 13.5 Å². The third-order valence-corrected chi connectivity index (χ3v) is 2.52. The molecule has 0 aromatic carbocycles. The monoisotopic (exact) mass is 226 g/mol. The van der Waals surface area contributed by atoms with Gasteiger partial charge in [-0.3, -0.25) is 0 Å². The minimum atomic E-state index is 0. The Balaban J connectivity index is 0. The van der Waals surface area contributed by atoms with Gasteiger partial charge in [0.15, 0.2) is 0 Å². The van der Waals surface area contributed by atoms with Crippen LogP contribution in [0.25, 0.3) is 0 Å². The average Bonchev–Trinajstić information content (AvgIpc) is 2.39. The first kappa shape index (κ1) is 16.0. The summed E-state index contributed by atoms with van der Waals surface area (Å²) >= 11 is 0. The Kier molecular flexibility index (Phi) is 9.75. The van der Waals surface area contributed by atoms with Crippen molar-refractivity contribution in [2.24, 2.45) is 11.7 Å². The van der Waals surface area contributed by atoms with Crippen molar-refractivity contribution in [3.63, 3.8) is 0 Å². The number of hydrogen-bond acceptors (Lipinski definition) is 2. The lowest BCUT2D eigenvalue weighted by atomic mass is 10.1. The van der Waals surface area contributed by atoms with Crippen LogP contribution in [0.15, 0.2) is 0 Å². The summed E-state index contributed by atoms with van der Waals surface area (Å²) in [6.45, 7) is 8.01. The van der Waals surface area contributed by atoms with Crippen LogP contribution >= 0.6 is 25.9 Å². The first-order chi connectivity index (χ1) is 5.20. The van der Waals surface area contributed by atoms with E-state index in [0.29, 0.717) is 12.0 Å². The van der Waals surface area contributed by atoms with Crippen LogP contribution in [-0.4, -0.2) is 30.6 Å². The molecule has 1 heterocycles. The van der Waals surface area contributed by atoms with E-state index in [2.05, 4.69) is 18.7 Å². The van der Waals surface area contributed by atoms with Crippen molar-refractivity contribution >= 4 is 25.9 Å². The lowest BCUT2D eigenvalue weighted by molar-refractivity contribution is 0.285. The summed E-state index contributed by atoms with van der Waals surface area (Å²) in [4.78, 5) is 2.48. The van der Waals surface area contributed by atoms with Gasteiger partial charge in [0.1, 0.15) is 0 Å². The number of likely N-dealkylation sites (tertiary alicyclic amines) is 1. The Bertz CT molecular complexity index is 116. The van der Waals surface area contributed by atoms with Gasteiger partial charge in [0, 0.05) is 12.6 Å². The zero-order valence-electron chi connectivity index (χ0n) is 8.62. The van der Waals surface area contributed by atoms with Gasteiger partial charge in [-0.25, -0.2) is 0 Å². The third-order valence-electron chi connectivity index (χ3n) is 2.52. The molecule has 2 nitrogen and oxygen atoms in total. The Morgan fingerprint density at radius 3 is 2.08 bits per heavy atom. The second kappa shape index (κ2) is 7.92. The highest BCUT2D eigenvalue weighted by molar-refractivity contribution is 7.59. The second-order valence-electron chi connectivity index (χ2n) is 3.92. The van der Waals surface area contributed by atoms with E-state index in [4.69, 9.17) is 5.73 Å². The van der Waals surface area contributed by atoms with Crippen molar-refractivity contribution in [1.29, 1.82) is 0 Å². The molecule has 2 N–H and O–H groups in total. The first-order valence-electron chi connectivity index (χ1n) is 4.68. The molecule has 82 valence electrons. The van der Waals surface area contributed by atoms with Crippen molar-refractivity contribution in [3.8, 4) is 0 Å². The lowest BCUT2D eigenvalue weighted by Crippen LogP contribution is -2.39. The van der Waals surface area contributed by atoms with Crippen molar-refractivity contribution in [2.45, 2.75) is 32.7 Å². The SMILES string of the molecule is CC(C)[C@H](N)CN1CCCC1.Cl.S. The molecule has 0 bridgehead atoms. The Morgan fingerprint density at radius 1 is 1.23 bits per heavy atom. The fraction of sp³-hybridized carbons (Fsp3) is 1.00. The highest BCUT2D eigenvalue weighted by atomic mass is 35.5. The highest BCUT2D eigenvalue weighted by Gasteiger charge is 2.16. The summed E-state index contributed by atoms with van der Waals surface area (Å²) in [6, 6.07) is 0.369. The van der Waals surface area contributed by atoms with Crippen LogP contribution in [-0.2, 0) is 0 Å². The van der Waals surface area contributed by atoms with E-state index < -0.39 is 0 Å². The smallest absolute Gasteiger partial charge is 0.0191 e. The van der Waals surface area contributed by atoms with E-state index in [-0.39, 0.29) is 25.9 Å². The molecule has 1 fully saturated rings. The zero-order valence-corrected chi connectivity index (χ0v) is 10.4. The van der Waals surface area contributed by atoms with Crippen LogP contribution in [0.1, 0.15) is 26.7 Å². The number of nitrogens with two attached hydrogens (primary N) is 1. The van der Waals surface area contributed by atoms with Crippen LogP contribution in [0.5, 0.6) is 0 Å². The van der Waals surface area contributed by atoms with Crippen molar-refractivity contribution in [2.75, 3.05) is 19.6 Å². The fourth-order valence-electron chi connectivity index (χ4n) is 1.47. The second-order valence-corrected chi connectivity index (χ2v) is 3.92. The van der Waals surface area contributed by atoms with Crippen LogP contribution in [0, 0.1) is 5.92 Å². The maximum Gasteiger partial charge on any atom is 0.0191 e. The van der Waals surface area contributed by atoms with Crippen molar-refractivity contribution in [3.05, 3.63) is 0 Å². The van der Waals surface area contributed by atoms with Crippen molar-refractivity contribution in [1.82, 2.24) is 4.90 Å². The summed E-state index contributed by atoms with van der Waals surface area (Å²) in [6.07, 6.45) is 2.73. The lowest BCUT2D eigenvalue weighted by Gasteiger charge is -2.22. The summed E-state index contributed by atoms with van der Waals surface area (Å²) in [5.41, 5.74) is 5.95. The summed E-state index contributed by atoms with van der Waals surface area (Å²) in [7, 11) is 0. The minimum Gasteiger partial charge on any atom is -0.326 e. The number of rotatable bonds is 3. The van der Waals surface area contributed by atoms with Gasteiger partial charge in [0.05, 0.1) is 0 Å². The van der Waals surface area contributed by atoms with Gasteiger partial charge >= 0.3 is 0 Å². The maximum absolute atomic E-state index is 5.95. The van der Waals surface area contributed by atoms with Gasteiger partial charge < -0.3 is 10.6 Å². The molecule has 1 atom stereocenters. The van der Waals surface area contributed by atoms with E-state index in [9.17, 15) is 0 Å². The topological polar surface area (TPSA) is 29.3 Å². The van der Waals surface area contributed by atoms with Gasteiger partial charge in [0.2, 0.25) is 0 Å². The molecule has 0 spiro atoms. The largest absolute Gasteiger partial charge is 0.326 e. The molecule has 0 aromatic rings. The van der Waals surface area contributed by atoms with E-state index in [1.165, 1.54) is 25.9 Å². The number of hydrogen-bond donors (Lipinski definition) is 1. The molecular formula is C9H23ClN2S. The zero-order chi connectivity index (χ0) is 8.27. The van der Waals surface area contributed by atoms with Crippen LogP contribution in [0.3, 0.4) is 0 Å². The molecule has 0 radical (unpaired) electrons. The fourth-order valence-corrected chi connectivity index (χ4v) is 1.47. The highest BCUT2D eigenvalue weighted by Crippen LogP contribution is 2.09. The Hall–Kier alpha value is 0.560. The maximum atomic E-state index is 5.95. The van der Waals surface area contributed by atoms with Crippen LogP contribution in [0.2, 0.25) is 0 Å². The molecule has 0 saturated carbocycles. The molecule has 1 rings (SSSR count). The van der Waals surface area contributed by atoms with E-state index in [1.807, 2.05) is 0 Å². The van der Waals surface area contributed by atoms with E-state index in [0.717, 1.165) is 6.54 Å². The Labute approximate surface area is 95.1 Å². The van der Waals surface area contributed by atoms with E-state index >= 15 is 0 Å². The van der Waals surface area contributed by atoms with Crippen LogP contribution < -0.4 is 5.73 Å². The summed E-state index contributed by atoms with van der Waals surface area (Å²) < 4.78 is 0. The normalized spacial score (nSPS) is 19.4. The predicted molar refractivity (Wildman–Crippen MR) is 66.1 cm³/mol. The number of halogens is 1. The molecule has 13 heavy (non-hydrogen) atoms. The molecule has 4 heteroatoms. The standard InChI is InChI=1S/C9H20N2.ClH.H2S/c1-8(2)9(10)7-11-5-3-4-6-11;;/h8-9H,3-7,10H2,1-2H3;1H;1H2/t9-;;/m1../s1. The molecule has 0 aromatic heterocycles. The van der Waals surface area contributed by atoms with Gasteiger partial charge in [-0.05, 0) is 31.8 Å². The van der Waals surface area contributed by atoms with Gasteiger partial charge in [0.25, 0.3) is 0 Å². The quantitative estimate of drug-likeness (QED) is 0.792. The average molecular weight is 227 g/mol. The Morgan fingerprint density at radius 2 is 1.69 bits per heavy atom. The van der Waals surface area contributed by atoms with Crippen molar-refractivity contribution < 1.29 is 0 Å². The van der Waals surface area contributed by atoms with E-state index in [1.54, 1.807) is 0 Å². The number of nitrogens with zero attached hydrogens (tertiary/aromatic N) is 1. The molecule has 0 aliphatic carbocycles. The van der Waals surface area contributed by atoms with Gasteiger partial charge in [-0.15, -0.1) is 12.4 Å². The minimum absolute atomic E-state index is 0. The molecule has 0 unspecified atom stereocenters. The molecule has 1 saturated heterocycles. The van der Waals surface area contributed by atoms with Gasteiger partial charge in [-0.1, -0.05) is 13.8 Å². The predicted octanol–water partition coefficient (Wildman–Crippen LogP) is 1.60.